The minimum atomic E-state index is -0.801. The van der Waals surface area contributed by atoms with E-state index in [0.29, 0.717) is 11.1 Å². The van der Waals surface area contributed by atoms with Crippen molar-refractivity contribution in [3.63, 3.8) is 0 Å². The standard InChI is InChI=1S/C28H24ClN3O4/c1-32(17-26(34)18-7-3-2-4-8-18)28(36)23-13-11-20(21-9-5-6-10-22(21)23)16-30-31-27(35)19-12-14-25(33)24(29)15-19/h2-16,26,33-34H,17H2,1H3,(H,31,35). The Morgan fingerprint density at radius 3 is 2.42 bits per heavy atom. The molecule has 4 aromatic carbocycles. The number of aliphatic hydroxyl groups is 1. The van der Waals surface area contributed by atoms with Gasteiger partial charge in [-0.15, -0.1) is 0 Å². The van der Waals surface area contributed by atoms with Crippen LogP contribution in [0.4, 0.5) is 0 Å². The molecule has 182 valence electrons. The highest BCUT2D eigenvalue weighted by molar-refractivity contribution is 6.32. The van der Waals surface area contributed by atoms with Gasteiger partial charge in [-0.05, 0) is 40.6 Å². The van der Waals surface area contributed by atoms with Gasteiger partial charge in [0.05, 0.1) is 23.9 Å². The van der Waals surface area contributed by atoms with Gasteiger partial charge in [-0.2, -0.15) is 5.10 Å². The van der Waals surface area contributed by atoms with Crippen LogP contribution in [0.1, 0.15) is 37.9 Å². The number of benzene rings is 4. The molecule has 1 atom stereocenters. The van der Waals surface area contributed by atoms with Gasteiger partial charge < -0.3 is 15.1 Å². The molecule has 4 aromatic rings. The summed E-state index contributed by atoms with van der Waals surface area (Å²) in [6.45, 7) is 0.147. The van der Waals surface area contributed by atoms with Crippen LogP contribution < -0.4 is 5.43 Å². The Kier molecular flexibility index (Phi) is 7.63. The highest BCUT2D eigenvalue weighted by atomic mass is 35.5. The van der Waals surface area contributed by atoms with Gasteiger partial charge in [0.15, 0.2) is 0 Å². The van der Waals surface area contributed by atoms with Crippen molar-refractivity contribution in [2.24, 2.45) is 5.10 Å². The molecule has 0 saturated carbocycles. The number of likely N-dealkylation sites (N-methyl/N-ethyl adjacent to an activating group) is 1. The molecule has 4 rings (SSSR count). The van der Waals surface area contributed by atoms with E-state index in [1.54, 1.807) is 19.2 Å². The summed E-state index contributed by atoms with van der Waals surface area (Å²) in [5.74, 6) is -0.817. The molecular weight excluding hydrogens is 478 g/mol. The molecule has 0 saturated heterocycles. The van der Waals surface area contributed by atoms with Crippen LogP contribution in [0.3, 0.4) is 0 Å². The van der Waals surface area contributed by atoms with Crippen LogP contribution >= 0.6 is 11.6 Å². The van der Waals surface area contributed by atoms with Crippen molar-refractivity contribution in [2.45, 2.75) is 6.10 Å². The lowest BCUT2D eigenvalue weighted by Crippen LogP contribution is -2.31. The first kappa shape index (κ1) is 24.9. The summed E-state index contributed by atoms with van der Waals surface area (Å²) in [5.41, 5.74) is 4.63. The van der Waals surface area contributed by atoms with Gasteiger partial charge in [-0.3, -0.25) is 9.59 Å². The van der Waals surface area contributed by atoms with Crippen molar-refractivity contribution in [3.8, 4) is 5.75 Å². The molecule has 0 aliphatic heterocycles. The number of aromatic hydroxyl groups is 1. The minimum absolute atomic E-state index is 0.0686. The highest BCUT2D eigenvalue weighted by Gasteiger charge is 2.19. The summed E-state index contributed by atoms with van der Waals surface area (Å²) in [6.07, 6.45) is 0.698. The average molecular weight is 502 g/mol. The normalized spacial score (nSPS) is 12.0. The number of carbonyl (C=O) groups excluding carboxylic acids is 2. The number of hydrogen-bond donors (Lipinski definition) is 3. The van der Waals surface area contributed by atoms with E-state index in [0.717, 1.165) is 16.3 Å². The molecule has 0 bridgehead atoms. The number of carbonyl (C=O) groups is 2. The quantitative estimate of drug-likeness (QED) is 0.251. The molecule has 0 aliphatic rings. The monoisotopic (exact) mass is 501 g/mol. The second kappa shape index (κ2) is 11.0. The van der Waals surface area contributed by atoms with Crippen LogP contribution in [0.15, 0.2) is 90.0 Å². The molecule has 0 aliphatic carbocycles. The van der Waals surface area contributed by atoms with Crippen molar-refractivity contribution >= 4 is 40.4 Å². The number of halogens is 1. The third kappa shape index (κ3) is 5.54. The fraction of sp³-hybridized carbons (Fsp3) is 0.107. The highest BCUT2D eigenvalue weighted by Crippen LogP contribution is 2.25. The summed E-state index contributed by atoms with van der Waals surface area (Å²) in [6, 6.07) is 24.2. The van der Waals surface area contributed by atoms with Crippen LogP contribution in [-0.2, 0) is 0 Å². The van der Waals surface area contributed by atoms with E-state index < -0.39 is 12.0 Å². The van der Waals surface area contributed by atoms with Gasteiger partial charge in [-0.25, -0.2) is 5.43 Å². The zero-order valence-corrected chi connectivity index (χ0v) is 20.2. The number of amides is 2. The van der Waals surface area contributed by atoms with Crippen molar-refractivity contribution in [2.75, 3.05) is 13.6 Å². The van der Waals surface area contributed by atoms with Crippen LogP contribution in [-0.4, -0.2) is 46.7 Å². The number of nitrogens with zero attached hydrogens (tertiary/aromatic N) is 2. The summed E-state index contributed by atoms with van der Waals surface area (Å²) in [7, 11) is 1.66. The van der Waals surface area contributed by atoms with E-state index in [1.165, 1.54) is 29.3 Å². The molecule has 7 nitrogen and oxygen atoms in total. The Morgan fingerprint density at radius 1 is 1.00 bits per heavy atom. The fourth-order valence-corrected chi connectivity index (χ4v) is 4.00. The summed E-state index contributed by atoms with van der Waals surface area (Å²) < 4.78 is 0. The molecule has 3 N–H and O–H groups in total. The molecule has 1 unspecified atom stereocenters. The van der Waals surface area contributed by atoms with Crippen molar-refractivity contribution in [3.05, 3.63) is 112 Å². The lowest BCUT2D eigenvalue weighted by molar-refractivity contribution is 0.0683. The molecule has 36 heavy (non-hydrogen) atoms. The first-order valence-corrected chi connectivity index (χ1v) is 11.5. The SMILES string of the molecule is CN(CC(O)c1ccccc1)C(=O)c1ccc(C=NNC(=O)c2ccc(O)c(Cl)c2)c2ccccc12. The van der Waals surface area contributed by atoms with Gasteiger partial charge in [0.2, 0.25) is 0 Å². The number of hydrogen-bond acceptors (Lipinski definition) is 5. The molecule has 8 heteroatoms. The van der Waals surface area contributed by atoms with E-state index in [9.17, 15) is 19.8 Å². The van der Waals surface area contributed by atoms with Crippen LogP contribution in [0.5, 0.6) is 5.75 Å². The van der Waals surface area contributed by atoms with Crippen molar-refractivity contribution in [1.82, 2.24) is 10.3 Å². The number of rotatable bonds is 7. The van der Waals surface area contributed by atoms with Gasteiger partial charge >= 0.3 is 0 Å². The Morgan fingerprint density at radius 2 is 1.69 bits per heavy atom. The zero-order chi connectivity index (χ0) is 25.7. The number of hydrazone groups is 1. The maximum Gasteiger partial charge on any atom is 0.271 e. The number of phenols is 1. The third-order valence-electron chi connectivity index (χ3n) is 5.75. The van der Waals surface area contributed by atoms with Crippen LogP contribution in [0.2, 0.25) is 5.02 Å². The van der Waals surface area contributed by atoms with Gasteiger partial charge in [0.25, 0.3) is 11.8 Å². The van der Waals surface area contributed by atoms with E-state index in [-0.39, 0.29) is 28.8 Å². The molecule has 0 spiro atoms. The van der Waals surface area contributed by atoms with E-state index in [1.807, 2.05) is 54.6 Å². The molecule has 0 radical (unpaired) electrons. The van der Waals surface area contributed by atoms with Gasteiger partial charge in [0, 0.05) is 23.7 Å². The van der Waals surface area contributed by atoms with Gasteiger partial charge in [-0.1, -0.05) is 72.3 Å². The van der Waals surface area contributed by atoms with E-state index in [2.05, 4.69) is 10.5 Å². The maximum absolute atomic E-state index is 13.2. The Hall–Kier alpha value is -4.20. The molecular formula is C28H24ClN3O4. The Labute approximate surface area is 213 Å². The molecule has 0 heterocycles. The second-order valence-electron chi connectivity index (χ2n) is 8.23. The topological polar surface area (TPSA) is 102 Å². The fourth-order valence-electron chi connectivity index (χ4n) is 3.82. The van der Waals surface area contributed by atoms with Crippen molar-refractivity contribution < 1.29 is 19.8 Å². The second-order valence-corrected chi connectivity index (χ2v) is 8.63. The molecule has 2 amide bonds. The van der Waals surface area contributed by atoms with Crippen LogP contribution in [0.25, 0.3) is 10.8 Å². The van der Waals surface area contributed by atoms with Crippen LogP contribution in [0, 0.1) is 0 Å². The Balaban J connectivity index is 1.52. The van der Waals surface area contributed by atoms with Crippen molar-refractivity contribution in [1.29, 1.82) is 0 Å². The molecule has 0 fully saturated rings. The largest absolute Gasteiger partial charge is 0.506 e. The van der Waals surface area contributed by atoms with Gasteiger partial charge in [0.1, 0.15) is 5.75 Å². The Bertz CT molecular complexity index is 1440. The summed E-state index contributed by atoms with van der Waals surface area (Å²) in [4.78, 5) is 27.1. The van der Waals surface area contributed by atoms with E-state index >= 15 is 0 Å². The number of phenolic OH excluding ortho intramolecular Hbond substituents is 1. The third-order valence-corrected chi connectivity index (χ3v) is 6.05. The smallest absolute Gasteiger partial charge is 0.271 e. The zero-order valence-electron chi connectivity index (χ0n) is 19.4. The minimum Gasteiger partial charge on any atom is -0.506 e. The first-order valence-electron chi connectivity index (χ1n) is 11.2. The lowest BCUT2D eigenvalue weighted by Gasteiger charge is -2.22. The number of aliphatic hydroxyl groups excluding tert-OH is 1. The lowest BCUT2D eigenvalue weighted by atomic mass is 9.99. The predicted molar refractivity (Wildman–Crippen MR) is 140 cm³/mol. The number of nitrogens with one attached hydrogen (secondary N) is 1. The predicted octanol–water partition coefficient (Wildman–Crippen LogP) is 4.77. The maximum atomic E-state index is 13.2. The average Bonchev–Trinajstić information content (AvgIpc) is 2.90. The number of fused-ring (bicyclic) bond motifs is 1. The molecule has 0 aromatic heterocycles. The summed E-state index contributed by atoms with van der Waals surface area (Å²) >= 11 is 5.86. The van der Waals surface area contributed by atoms with E-state index in [4.69, 9.17) is 11.6 Å². The summed E-state index contributed by atoms with van der Waals surface area (Å²) in [5, 5.41) is 25.7. The first-order chi connectivity index (χ1) is 17.3.